The van der Waals surface area contributed by atoms with Crippen LogP contribution in [-0.2, 0) is 16.1 Å². The molecule has 1 aromatic carbocycles. The van der Waals surface area contributed by atoms with Gasteiger partial charge in [-0.1, -0.05) is 30.3 Å². The van der Waals surface area contributed by atoms with Crippen molar-refractivity contribution in [3.05, 3.63) is 60.4 Å². The Morgan fingerprint density at radius 3 is 2.79 bits per heavy atom. The number of anilines is 1. The minimum absolute atomic E-state index is 0.202. The third-order valence-electron chi connectivity index (χ3n) is 3.92. The number of carbonyl (C=O) groups excluding carboxylic acids is 2. The SMILES string of the molecule is O=C(Nc1cccnc1)[C@@H]1CCCN1C(=O)OCc1ccccc1. The largest absolute Gasteiger partial charge is 0.445 e. The Hall–Kier alpha value is -2.89. The van der Waals surface area contributed by atoms with Gasteiger partial charge in [0.1, 0.15) is 12.6 Å². The Kier molecular flexibility index (Phi) is 5.05. The number of nitrogens with one attached hydrogen (secondary N) is 1. The van der Waals surface area contributed by atoms with Crippen LogP contribution in [0.2, 0.25) is 0 Å². The summed E-state index contributed by atoms with van der Waals surface area (Å²) in [5.41, 5.74) is 1.54. The zero-order valence-corrected chi connectivity index (χ0v) is 13.2. The molecular weight excluding hydrogens is 306 g/mol. The molecule has 0 aliphatic carbocycles. The number of nitrogens with zero attached hydrogens (tertiary/aromatic N) is 2. The quantitative estimate of drug-likeness (QED) is 0.938. The summed E-state index contributed by atoms with van der Waals surface area (Å²) in [6.45, 7) is 0.728. The topological polar surface area (TPSA) is 71.5 Å². The van der Waals surface area contributed by atoms with Gasteiger partial charge in [0.25, 0.3) is 0 Å². The highest BCUT2D eigenvalue weighted by atomic mass is 16.6. The third-order valence-corrected chi connectivity index (χ3v) is 3.92. The Bertz CT molecular complexity index is 691. The van der Waals surface area contributed by atoms with Gasteiger partial charge in [-0.3, -0.25) is 14.7 Å². The summed E-state index contributed by atoms with van der Waals surface area (Å²) in [5, 5.41) is 2.79. The van der Waals surface area contributed by atoms with Crippen molar-refractivity contribution >= 4 is 17.7 Å². The summed E-state index contributed by atoms with van der Waals surface area (Å²) >= 11 is 0. The van der Waals surface area contributed by atoms with Crippen molar-refractivity contribution in [3.63, 3.8) is 0 Å². The summed E-state index contributed by atoms with van der Waals surface area (Å²) < 4.78 is 5.34. The fourth-order valence-corrected chi connectivity index (χ4v) is 2.72. The van der Waals surface area contributed by atoms with Crippen LogP contribution in [0.3, 0.4) is 0 Å². The van der Waals surface area contributed by atoms with Gasteiger partial charge in [0.2, 0.25) is 5.91 Å². The predicted octanol–water partition coefficient (Wildman–Crippen LogP) is 2.82. The molecule has 3 rings (SSSR count). The van der Waals surface area contributed by atoms with Crippen LogP contribution in [-0.4, -0.2) is 34.5 Å². The van der Waals surface area contributed by atoms with Crippen LogP contribution in [0.25, 0.3) is 0 Å². The highest BCUT2D eigenvalue weighted by Crippen LogP contribution is 2.20. The van der Waals surface area contributed by atoms with Crippen LogP contribution >= 0.6 is 0 Å². The first kappa shape index (κ1) is 16.0. The molecule has 124 valence electrons. The van der Waals surface area contributed by atoms with Crippen molar-refractivity contribution in [3.8, 4) is 0 Å². The van der Waals surface area contributed by atoms with E-state index >= 15 is 0 Å². The van der Waals surface area contributed by atoms with Crippen molar-refractivity contribution in [1.82, 2.24) is 9.88 Å². The van der Waals surface area contributed by atoms with E-state index in [1.807, 2.05) is 30.3 Å². The molecule has 24 heavy (non-hydrogen) atoms. The second-order valence-electron chi connectivity index (χ2n) is 5.62. The third kappa shape index (κ3) is 3.90. The van der Waals surface area contributed by atoms with Crippen LogP contribution in [0.4, 0.5) is 10.5 Å². The van der Waals surface area contributed by atoms with Gasteiger partial charge < -0.3 is 10.1 Å². The lowest BCUT2D eigenvalue weighted by atomic mass is 10.2. The summed E-state index contributed by atoms with van der Waals surface area (Å²) in [5.74, 6) is -0.211. The molecule has 2 heterocycles. The van der Waals surface area contributed by atoms with Gasteiger partial charge in [0.15, 0.2) is 0 Å². The molecule has 1 aliphatic rings. The highest BCUT2D eigenvalue weighted by molar-refractivity contribution is 5.96. The monoisotopic (exact) mass is 325 g/mol. The number of benzene rings is 1. The van der Waals surface area contributed by atoms with Gasteiger partial charge in [0.05, 0.1) is 11.9 Å². The molecule has 0 spiro atoms. The maximum Gasteiger partial charge on any atom is 0.410 e. The van der Waals surface area contributed by atoms with E-state index in [0.717, 1.165) is 12.0 Å². The van der Waals surface area contributed by atoms with E-state index in [1.54, 1.807) is 24.5 Å². The molecule has 0 unspecified atom stereocenters. The maximum atomic E-state index is 12.4. The van der Waals surface area contributed by atoms with E-state index in [-0.39, 0.29) is 12.5 Å². The Morgan fingerprint density at radius 1 is 1.21 bits per heavy atom. The van der Waals surface area contributed by atoms with Gasteiger partial charge in [-0.25, -0.2) is 4.79 Å². The molecule has 0 bridgehead atoms. The van der Waals surface area contributed by atoms with Crippen LogP contribution in [0.5, 0.6) is 0 Å². The molecule has 0 saturated carbocycles. The average Bonchev–Trinajstić information content (AvgIpc) is 3.11. The van der Waals surface area contributed by atoms with Gasteiger partial charge in [-0.2, -0.15) is 0 Å². The minimum atomic E-state index is -0.506. The number of hydrogen-bond donors (Lipinski definition) is 1. The Morgan fingerprint density at radius 2 is 2.04 bits per heavy atom. The normalized spacial score (nSPS) is 16.7. The van der Waals surface area contributed by atoms with Crippen LogP contribution in [0, 0.1) is 0 Å². The van der Waals surface area contributed by atoms with Crippen molar-refractivity contribution in [1.29, 1.82) is 0 Å². The smallest absolute Gasteiger partial charge is 0.410 e. The number of hydrogen-bond acceptors (Lipinski definition) is 4. The van der Waals surface area contributed by atoms with Crippen molar-refractivity contribution in [2.45, 2.75) is 25.5 Å². The molecule has 1 N–H and O–H groups in total. The van der Waals surface area contributed by atoms with E-state index in [9.17, 15) is 9.59 Å². The molecular formula is C18H19N3O3. The maximum absolute atomic E-state index is 12.4. The number of ether oxygens (including phenoxy) is 1. The second-order valence-corrected chi connectivity index (χ2v) is 5.62. The number of pyridine rings is 1. The number of rotatable bonds is 4. The van der Waals surface area contributed by atoms with Gasteiger partial charge in [-0.05, 0) is 30.5 Å². The fourth-order valence-electron chi connectivity index (χ4n) is 2.72. The standard InChI is InChI=1S/C18H19N3O3/c22-17(20-15-8-4-10-19-12-15)16-9-5-11-21(16)18(23)24-13-14-6-2-1-3-7-14/h1-4,6-8,10,12,16H,5,9,11,13H2,(H,20,22)/t16-/m0/s1. The molecule has 0 radical (unpaired) electrons. The van der Waals surface area contributed by atoms with E-state index in [4.69, 9.17) is 4.74 Å². The Labute approximate surface area is 140 Å². The first-order valence-corrected chi connectivity index (χ1v) is 7.92. The molecule has 1 fully saturated rings. The molecule has 2 amide bonds. The lowest BCUT2D eigenvalue weighted by molar-refractivity contribution is -0.120. The Balaban J connectivity index is 1.58. The summed E-state index contributed by atoms with van der Waals surface area (Å²) in [7, 11) is 0. The summed E-state index contributed by atoms with van der Waals surface area (Å²) in [4.78, 5) is 30.2. The molecule has 1 aromatic heterocycles. The zero-order valence-electron chi connectivity index (χ0n) is 13.2. The first-order chi connectivity index (χ1) is 11.7. The molecule has 1 saturated heterocycles. The van der Waals surface area contributed by atoms with Crippen molar-refractivity contribution in [2.24, 2.45) is 0 Å². The van der Waals surface area contributed by atoms with Crippen LogP contribution < -0.4 is 5.32 Å². The van der Waals surface area contributed by atoms with E-state index < -0.39 is 12.1 Å². The molecule has 2 aromatic rings. The fraction of sp³-hybridized carbons (Fsp3) is 0.278. The first-order valence-electron chi connectivity index (χ1n) is 7.92. The second kappa shape index (κ2) is 7.59. The molecule has 6 heteroatoms. The lowest BCUT2D eigenvalue weighted by Gasteiger charge is -2.23. The van der Waals surface area contributed by atoms with Gasteiger partial charge in [-0.15, -0.1) is 0 Å². The van der Waals surface area contributed by atoms with Gasteiger partial charge >= 0.3 is 6.09 Å². The number of likely N-dealkylation sites (tertiary alicyclic amines) is 1. The molecule has 1 atom stereocenters. The predicted molar refractivity (Wildman–Crippen MR) is 89.2 cm³/mol. The van der Waals surface area contributed by atoms with Crippen molar-refractivity contribution in [2.75, 3.05) is 11.9 Å². The van der Waals surface area contributed by atoms with E-state index in [0.29, 0.717) is 18.7 Å². The van der Waals surface area contributed by atoms with Crippen LogP contribution in [0.1, 0.15) is 18.4 Å². The van der Waals surface area contributed by atoms with E-state index in [2.05, 4.69) is 10.3 Å². The van der Waals surface area contributed by atoms with Crippen molar-refractivity contribution < 1.29 is 14.3 Å². The highest BCUT2D eigenvalue weighted by Gasteiger charge is 2.35. The molecule has 1 aliphatic heterocycles. The van der Waals surface area contributed by atoms with Crippen LogP contribution in [0.15, 0.2) is 54.9 Å². The lowest BCUT2D eigenvalue weighted by Crippen LogP contribution is -2.43. The minimum Gasteiger partial charge on any atom is -0.445 e. The van der Waals surface area contributed by atoms with E-state index in [1.165, 1.54) is 4.90 Å². The number of aromatic nitrogens is 1. The average molecular weight is 325 g/mol. The summed E-state index contributed by atoms with van der Waals surface area (Å²) in [6.07, 6.45) is 4.17. The number of carbonyl (C=O) groups is 2. The molecule has 6 nitrogen and oxygen atoms in total. The zero-order chi connectivity index (χ0) is 16.8. The van der Waals surface area contributed by atoms with Gasteiger partial charge in [0, 0.05) is 12.7 Å². The summed E-state index contributed by atoms with van der Waals surface area (Å²) in [6, 6.07) is 12.5. The number of amides is 2.